The molecule has 0 spiro atoms. The average molecular weight is 433 g/mol. The molecule has 4 rings (SSSR count). The van der Waals surface area contributed by atoms with Crippen molar-refractivity contribution in [2.45, 2.75) is 25.8 Å². The third-order valence-electron chi connectivity index (χ3n) is 6.69. The first kappa shape index (κ1) is 21.6. The second-order valence-corrected chi connectivity index (χ2v) is 9.64. The maximum absolute atomic E-state index is 12.4. The summed E-state index contributed by atoms with van der Waals surface area (Å²) in [6, 6.07) is 4.36. The first-order valence-electron chi connectivity index (χ1n) is 11.4. The number of piperazine rings is 2. The van der Waals surface area contributed by atoms with Gasteiger partial charge in [0.25, 0.3) is 0 Å². The number of nitrogens with zero attached hydrogens (tertiary/aromatic N) is 5. The lowest BCUT2D eigenvalue weighted by Crippen LogP contribution is -2.54. The molecule has 2 aliphatic heterocycles. The molecule has 1 saturated carbocycles. The van der Waals surface area contributed by atoms with E-state index in [1.54, 1.807) is 0 Å². The molecule has 0 unspecified atom stereocenters. The van der Waals surface area contributed by atoms with Gasteiger partial charge in [0.05, 0.1) is 0 Å². The lowest BCUT2D eigenvalue weighted by atomic mass is 9.84. The predicted molar refractivity (Wildman–Crippen MR) is 123 cm³/mol. The Morgan fingerprint density at radius 1 is 1.07 bits per heavy atom. The van der Waals surface area contributed by atoms with E-state index in [-0.39, 0.29) is 0 Å². The number of thiophene rings is 1. The van der Waals surface area contributed by atoms with E-state index in [4.69, 9.17) is 0 Å². The second kappa shape index (κ2) is 10.6. The second-order valence-electron chi connectivity index (χ2n) is 8.61. The molecule has 2 saturated heterocycles. The smallest absolute Gasteiger partial charge is 0.225 e. The van der Waals surface area contributed by atoms with Gasteiger partial charge < -0.3 is 15.1 Å². The first-order valence-corrected chi connectivity index (χ1v) is 12.3. The molecule has 0 bridgehead atoms. The number of hydrogen-bond donors (Lipinski definition) is 1. The van der Waals surface area contributed by atoms with Crippen LogP contribution in [-0.2, 0) is 11.3 Å². The average Bonchev–Trinajstić information content (AvgIpc) is 3.24. The molecule has 0 radical (unpaired) electrons. The van der Waals surface area contributed by atoms with Gasteiger partial charge in [-0.05, 0) is 24.3 Å². The van der Waals surface area contributed by atoms with Crippen LogP contribution in [0.15, 0.2) is 22.5 Å². The van der Waals surface area contributed by atoms with Crippen molar-refractivity contribution in [2.75, 3.05) is 72.5 Å². The zero-order valence-corrected chi connectivity index (χ0v) is 19.1. The Bertz CT molecular complexity index is 688. The zero-order chi connectivity index (χ0) is 20.8. The molecule has 3 aliphatic rings. The minimum Gasteiger partial charge on any atom is -0.355 e. The van der Waals surface area contributed by atoms with Crippen molar-refractivity contribution in [1.29, 1.82) is 0 Å². The molecule has 1 N–H and O–H groups in total. The van der Waals surface area contributed by atoms with E-state index >= 15 is 0 Å². The van der Waals surface area contributed by atoms with Crippen molar-refractivity contribution in [3.8, 4) is 0 Å². The van der Waals surface area contributed by atoms with Crippen LogP contribution in [0.3, 0.4) is 0 Å². The Hall–Kier alpha value is -1.64. The van der Waals surface area contributed by atoms with Crippen LogP contribution >= 0.6 is 11.3 Å². The van der Waals surface area contributed by atoms with Crippen LogP contribution in [0.2, 0.25) is 0 Å². The van der Waals surface area contributed by atoms with Gasteiger partial charge in [-0.15, -0.1) is 11.3 Å². The molecule has 30 heavy (non-hydrogen) atoms. The number of guanidine groups is 1. The van der Waals surface area contributed by atoms with Gasteiger partial charge in [-0.1, -0.05) is 12.5 Å². The predicted octanol–water partition coefficient (Wildman–Crippen LogP) is 1.39. The fourth-order valence-corrected chi connectivity index (χ4v) is 5.25. The standard InChI is InChI=1S/C22H36N6OS/c1-23-22(28-15-11-26(12-16-28)18-20-6-3-17-30-20)24-7-8-25-9-13-27(14-10-25)21(29)19-4-2-5-19/h3,6,17,19H,2,4-5,7-16,18H2,1H3,(H,23,24). The molecule has 0 atom stereocenters. The van der Waals surface area contributed by atoms with Gasteiger partial charge in [-0.2, -0.15) is 0 Å². The maximum atomic E-state index is 12.4. The number of hydrogen-bond acceptors (Lipinski definition) is 5. The fraction of sp³-hybridized carbons (Fsp3) is 0.727. The van der Waals surface area contributed by atoms with E-state index in [1.165, 1.54) is 11.3 Å². The van der Waals surface area contributed by atoms with E-state index < -0.39 is 0 Å². The molecule has 3 fully saturated rings. The molecule has 7 nitrogen and oxygen atoms in total. The van der Waals surface area contributed by atoms with Crippen LogP contribution in [0.1, 0.15) is 24.1 Å². The highest BCUT2D eigenvalue weighted by Gasteiger charge is 2.31. The highest BCUT2D eigenvalue weighted by molar-refractivity contribution is 7.09. The summed E-state index contributed by atoms with van der Waals surface area (Å²) in [5.41, 5.74) is 0. The molecule has 8 heteroatoms. The van der Waals surface area contributed by atoms with Crippen molar-refractivity contribution in [3.05, 3.63) is 22.4 Å². The molecule has 1 aliphatic carbocycles. The molecule has 1 aromatic rings. The molecular formula is C22H36N6OS. The zero-order valence-electron chi connectivity index (χ0n) is 18.3. The van der Waals surface area contributed by atoms with Gasteiger partial charge in [0, 0.05) is 89.8 Å². The minimum absolute atomic E-state index is 0.326. The van der Waals surface area contributed by atoms with Crippen LogP contribution < -0.4 is 5.32 Å². The largest absolute Gasteiger partial charge is 0.355 e. The Morgan fingerprint density at radius 2 is 1.77 bits per heavy atom. The quantitative estimate of drug-likeness (QED) is 0.544. The van der Waals surface area contributed by atoms with Crippen molar-refractivity contribution < 1.29 is 4.79 Å². The van der Waals surface area contributed by atoms with Crippen LogP contribution in [0.25, 0.3) is 0 Å². The fourth-order valence-electron chi connectivity index (χ4n) is 4.50. The molecule has 1 amide bonds. The first-order chi connectivity index (χ1) is 14.7. The van der Waals surface area contributed by atoms with Crippen LogP contribution in [0.5, 0.6) is 0 Å². The van der Waals surface area contributed by atoms with E-state index in [0.29, 0.717) is 11.8 Å². The summed E-state index contributed by atoms with van der Waals surface area (Å²) in [4.78, 5) is 27.8. The number of carbonyl (C=O) groups is 1. The number of aliphatic imine (C=N–C) groups is 1. The summed E-state index contributed by atoms with van der Waals surface area (Å²) in [5, 5.41) is 5.71. The Morgan fingerprint density at radius 3 is 2.37 bits per heavy atom. The maximum Gasteiger partial charge on any atom is 0.225 e. The molecule has 166 valence electrons. The van der Waals surface area contributed by atoms with Crippen LogP contribution in [-0.4, -0.2) is 104 Å². The summed E-state index contributed by atoms with van der Waals surface area (Å²) in [6.07, 6.45) is 3.43. The van der Waals surface area contributed by atoms with Gasteiger partial charge in [0.15, 0.2) is 5.96 Å². The lowest BCUT2D eigenvalue weighted by Gasteiger charge is -2.38. The minimum atomic E-state index is 0.326. The summed E-state index contributed by atoms with van der Waals surface area (Å²) in [5.74, 6) is 1.74. The Labute approximate surface area is 184 Å². The van der Waals surface area contributed by atoms with Gasteiger partial charge in [-0.25, -0.2) is 0 Å². The highest BCUT2D eigenvalue weighted by atomic mass is 32.1. The summed E-state index contributed by atoms with van der Waals surface area (Å²) in [7, 11) is 1.88. The van der Waals surface area contributed by atoms with E-state index in [2.05, 4.69) is 47.4 Å². The third kappa shape index (κ3) is 5.53. The van der Waals surface area contributed by atoms with Crippen LogP contribution in [0.4, 0.5) is 0 Å². The molecule has 0 aromatic carbocycles. The van der Waals surface area contributed by atoms with Gasteiger partial charge in [-0.3, -0.25) is 19.6 Å². The number of nitrogens with one attached hydrogen (secondary N) is 1. The van der Waals surface area contributed by atoms with Crippen molar-refractivity contribution in [2.24, 2.45) is 10.9 Å². The SMILES string of the molecule is CN=C(NCCN1CCN(C(=O)C2CCC2)CC1)N1CCN(Cc2cccs2)CC1. The summed E-state index contributed by atoms with van der Waals surface area (Å²) >= 11 is 1.84. The van der Waals surface area contributed by atoms with Gasteiger partial charge in [0.1, 0.15) is 0 Å². The highest BCUT2D eigenvalue weighted by Crippen LogP contribution is 2.28. The summed E-state index contributed by atoms with van der Waals surface area (Å²) in [6.45, 7) is 10.9. The normalized spacial score (nSPS) is 22.2. The monoisotopic (exact) mass is 432 g/mol. The topological polar surface area (TPSA) is 54.4 Å². The van der Waals surface area contributed by atoms with Gasteiger partial charge >= 0.3 is 0 Å². The van der Waals surface area contributed by atoms with Crippen LogP contribution in [0, 0.1) is 5.92 Å². The van der Waals surface area contributed by atoms with Crippen molar-refractivity contribution in [3.63, 3.8) is 0 Å². The number of amides is 1. The molecular weight excluding hydrogens is 396 g/mol. The number of rotatable bonds is 6. The Kier molecular flexibility index (Phi) is 7.62. The van der Waals surface area contributed by atoms with E-state index in [0.717, 1.165) is 90.8 Å². The third-order valence-corrected chi connectivity index (χ3v) is 7.55. The summed E-state index contributed by atoms with van der Waals surface area (Å²) < 4.78 is 0. The number of carbonyl (C=O) groups excluding carboxylic acids is 1. The van der Waals surface area contributed by atoms with Gasteiger partial charge in [0.2, 0.25) is 5.91 Å². The van der Waals surface area contributed by atoms with Crippen molar-refractivity contribution in [1.82, 2.24) is 24.9 Å². The molecule has 1 aromatic heterocycles. The van der Waals surface area contributed by atoms with E-state index in [1.807, 2.05) is 18.4 Å². The molecule has 3 heterocycles. The lowest BCUT2D eigenvalue weighted by molar-refractivity contribution is -0.139. The van der Waals surface area contributed by atoms with E-state index in [9.17, 15) is 4.79 Å². The van der Waals surface area contributed by atoms with Crippen molar-refractivity contribution >= 4 is 23.2 Å². The Balaban J connectivity index is 1.12.